The summed E-state index contributed by atoms with van der Waals surface area (Å²) in [5.41, 5.74) is 0. The van der Waals surface area contributed by atoms with Crippen LogP contribution in [0.25, 0.3) is 0 Å². The van der Waals surface area contributed by atoms with Gasteiger partial charge in [0.1, 0.15) is 29.0 Å². The third-order valence-corrected chi connectivity index (χ3v) is 3.62. The van der Waals surface area contributed by atoms with Crippen LogP contribution in [0, 0.1) is 0 Å². The molecule has 2 aromatic heterocycles. The fourth-order valence-electron chi connectivity index (χ4n) is 2.28. The first-order chi connectivity index (χ1) is 10.3. The van der Waals surface area contributed by atoms with Crippen LogP contribution in [0.4, 0.5) is 5.82 Å². The zero-order chi connectivity index (χ0) is 14.7. The summed E-state index contributed by atoms with van der Waals surface area (Å²) in [5, 5.41) is 0.527. The topological polar surface area (TPSA) is 60.4 Å². The average molecular weight is 307 g/mol. The van der Waals surface area contributed by atoms with E-state index in [1.807, 2.05) is 6.07 Å². The van der Waals surface area contributed by atoms with Crippen LogP contribution in [0.1, 0.15) is 6.42 Å². The van der Waals surface area contributed by atoms with Gasteiger partial charge >= 0.3 is 0 Å². The van der Waals surface area contributed by atoms with Gasteiger partial charge in [0.25, 0.3) is 0 Å². The van der Waals surface area contributed by atoms with Crippen molar-refractivity contribution < 1.29 is 9.47 Å². The van der Waals surface area contributed by atoms with Gasteiger partial charge in [-0.05, 0) is 0 Å². The minimum atomic E-state index is 0.0749. The molecular formula is C14H15ClN4O2. The summed E-state index contributed by atoms with van der Waals surface area (Å²) in [5.74, 6) is 2.06. The predicted octanol–water partition coefficient (Wildman–Crippen LogP) is 2.19. The summed E-state index contributed by atoms with van der Waals surface area (Å²) in [7, 11) is 1.59. The lowest BCUT2D eigenvalue weighted by atomic mass is 10.3. The lowest BCUT2D eigenvalue weighted by Gasteiger charge is -2.18. The van der Waals surface area contributed by atoms with Crippen LogP contribution in [0.3, 0.4) is 0 Å². The number of aromatic nitrogens is 3. The Morgan fingerprint density at radius 3 is 3.10 bits per heavy atom. The van der Waals surface area contributed by atoms with Gasteiger partial charge in [-0.15, -0.1) is 0 Å². The Bertz CT molecular complexity index is 625. The van der Waals surface area contributed by atoms with Gasteiger partial charge in [-0.2, -0.15) is 0 Å². The summed E-state index contributed by atoms with van der Waals surface area (Å²) in [6, 6.07) is 3.60. The lowest BCUT2D eigenvalue weighted by molar-refractivity contribution is 0.225. The second-order valence-electron chi connectivity index (χ2n) is 4.70. The van der Waals surface area contributed by atoms with Crippen molar-refractivity contribution in [2.45, 2.75) is 12.5 Å². The third kappa shape index (κ3) is 3.16. The molecule has 1 fully saturated rings. The van der Waals surface area contributed by atoms with Crippen LogP contribution < -0.4 is 14.4 Å². The van der Waals surface area contributed by atoms with E-state index in [2.05, 4.69) is 19.9 Å². The Kier molecular flexibility index (Phi) is 4.06. The maximum Gasteiger partial charge on any atom is 0.218 e. The highest BCUT2D eigenvalue weighted by Crippen LogP contribution is 2.27. The van der Waals surface area contributed by atoms with Crippen LogP contribution >= 0.6 is 11.6 Å². The molecule has 1 atom stereocenters. The molecule has 0 radical (unpaired) electrons. The Balaban J connectivity index is 1.66. The van der Waals surface area contributed by atoms with Crippen molar-refractivity contribution >= 4 is 17.4 Å². The van der Waals surface area contributed by atoms with Crippen molar-refractivity contribution in [3.8, 4) is 11.6 Å². The number of halogens is 1. The molecule has 2 aromatic rings. The van der Waals surface area contributed by atoms with E-state index in [1.165, 1.54) is 6.33 Å². The quantitative estimate of drug-likeness (QED) is 0.863. The SMILES string of the molecule is COc1cc(N2CCC(Oc3ccncc3Cl)C2)ncn1. The highest BCUT2D eigenvalue weighted by atomic mass is 35.5. The molecule has 0 aliphatic carbocycles. The minimum Gasteiger partial charge on any atom is -0.487 e. The summed E-state index contributed by atoms with van der Waals surface area (Å²) < 4.78 is 11.0. The maximum absolute atomic E-state index is 6.06. The van der Waals surface area contributed by atoms with Gasteiger partial charge in [0.2, 0.25) is 5.88 Å². The summed E-state index contributed by atoms with van der Waals surface area (Å²) in [6.07, 6.45) is 5.74. The van der Waals surface area contributed by atoms with Crippen LogP contribution in [-0.4, -0.2) is 41.3 Å². The van der Waals surface area contributed by atoms with E-state index in [9.17, 15) is 0 Å². The highest BCUT2D eigenvalue weighted by molar-refractivity contribution is 6.31. The zero-order valence-electron chi connectivity index (χ0n) is 11.6. The first-order valence-electron chi connectivity index (χ1n) is 6.63. The van der Waals surface area contributed by atoms with E-state index in [4.69, 9.17) is 21.1 Å². The van der Waals surface area contributed by atoms with Crippen molar-refractivity contribution in [1.29, 1.82) is 0 Å². The number of hydrogen-bond acceptors (Lipinski definition) is 6. The standard InChI is InChI=1S/C14H15ClN4O2/c1-20-14-6-13(17-9-18-14)19-5-3-10(8-19)21-12-2-4-16-7-11(12)15/h2,4,6-7,9-10H,3,5,8H2,1H3. The molecular weight excluding hydrogens is 292 g/mol. The van der Waals surface area contributed by atoms with Crippen molar-refractivity contribution in [1.82, 2.24) is 15.0 Å². The summed E-state index contributed by atoms with van der Waals surface area (Å²) >= 11 is 6.06. The van der Waals surface area contributed by atoms with E-state index in [0.29, 0.717) is 16.7 Å². The number of hydrogen-bond donors (Lipinski definition) is 0. The zero-order valence-corrected chi connectivity index (χ0v) is 12.3. The fraction of sp³-hybridized carbons (Fsp3) is 0.357. The van der Waals surface area contributed by atoms with E-state index >= 15 is 0 Å². The van der Waals surface area contributed by atoms with Crippen molar-refractivity contribution in [2.24, 2.45) is 0 Å². The van der Waals surface area contributed by atoms with Gasteiger partial charge in [-0.25, -0.2) is 9.97 Å². The van der Waals surface area contributed by atoms with E-state index in [0.717, 1.165) is 25.3 Å². The second-order valence-corrected chi connectivity index (χ2v) is 5.11. The molecule has 0 amide bonds. The maximum atomic E-state index is 6.06. The molecule has 1 aliphatic rings. The molecule has 6 nitrogen and oxygen atoms in total. The van der Waals surface area contributed by atoms with E-state index in [1.54, 1.807) is 25.6 Å². The number of pyridine rings is 1. The first kappa shape index (κ1) is 13.9. The van der Waals surface area contributed by atoms with Crippen LogP contribution in [0.15, 0.2) is 30.9 Å². The number of methoxy groups -OCH3 is 1. The van der Waals surface area contributed by atoms with Crippen molar-refractivity contribution in [2.75, 3.05) is 25.1 Å². The monoisotopic (exact) mass is 306 g/mol. The fourth-order valence-corrected chi connectivity index (χ4v) is 2.45. The molecule has 1 saturated heterocycles. The molecule has 0 aromatic carbocycles. The smallest absolute Gasteiger partial charge is 0.218 e. The molecule has 21 heavy (non-hydrogen) atoms. The van der Waals surface area contributed by atoms with Crippen LogP contribution in [0.5, 0.6) is 11.6 Å². The van der Waals surface area contributed by atoms with Gasteiger partial charge in [-0.3, -0.25) is 4.98 Å². The number of nitrogens with zero attached hydrogens (tertiary/aromatic N) is 4. The molecule has 0 bridgehead atoms. The van der Waals surface area contributed by atoms with Gasteiger partial charge in [0.05, 0.1) is 13.7 Å². The second kappa shape index (κ2) is 6.13. The Morgan fingerprint density at radius 1 is 1.38 bits per heavy atom. The Hall–Kier alpha value is -2.08. The van der Waals surface area contributed by atoms with Gasteiger partial charge < -0.3 is 14.4 Å². The van der Waals surface area contributed by atoms with E-state index < -0.39 is 0 Å². The lowest BCUT2D eigenvalue weighted by Crippen LogP contribution is -2.25. The Morgan fingerprint density at radius 2 is 2.29 bits per heavy atom. The molecule has 0 N–H and O–H groups in total. The highest BCUT2D eigenvalue weighted by Gasteiger charge is 2.25. The van der Waals surface area contributed by atoms with Crippen molar-refractivity contribution in [3.63, 3.8) is 0 Å². The molecule has 1 unspecified atom stereocenters. The van der Waals surface area contributed by atoms with Crippen molar-refractivity contribution in [3.05, 3.63) is 35.9 Å². The number of anilines is 1. The molecule has 0 spiro atoms. The first-order valence-corrected chi connectivity index (χ1v) is 7.01. The minimum absolute atomic E-state index is 0.0749. The van der Waals surface area contributed by atoms with Crippen LogP contribution in [-0.2, 0) is 0 Å². The van der Waals surface area contributed by atoms with E-state index in [-0.39, 0.29) is 6.10 Å². The van der Waals surface area contributed by atoms with Gasteiger partial charge in [0, 0.05) is 37.5 Å². The van der Waals surface area contributed by atoms with Crippen LogP contribution in [0.2, 0.25) is 5.02 Å². The molecule has 3 rings (SSSR count). The largest absolute Gasteiger partial charge is 0.487 e. The molecule has 110 valence electrons. The van der Waals surface area contributed by atoms with Gasteiger partial charge in [0.15, 0.2) is 0 Å². The third-order valence-electron chi connectivity index (χ3n) is 3.33. The number of ether oxygens (including phenoxy) is 2. The van der Waals surface area contributed by atoms with Gasteiger partial charge in [-0.1, -0.05) is 11.6 Å². The average Bonchev–Trinajstić information content (AvgIpc) is 2.98. The molecule has 0 saturated carbocycles. The molecule has 3 heterocycles. The normalized spacial score (nSPS) is 17.8. The summed E-state index contributed by atoms with van der Waals surface area (Å²) in [6.45, 7) is 1.62. The number of rotatable bonds is 4. The summed E-state index contributed by atoms with van der Waals surface area (Å²) in [4.78, 5) is 14.4. The molecule has 1 aliphatic heterocycles. The molecule has 7 heteroatoms. The Labute approximate surface area is 127 Å². The predicted molar refractivity (Wildman–Crippen MR) is 79.1 cm³/mol.